The average molecular weight is 323 g/mol. The number of likely N-dealkylation sites (tertiary alicyclic amines) is 1. The first-order chi connectivity index (χ1) is 11.7. The van der Waals surface area contributed by atoms with Crippen molar-refractivity contribution in [2.24, 2.45) is 0 Å². The molecule has 1 aromatic heterocycles. The predicted octanol–water partition coefficient (Wildman–Crippen LogP) is 1.38. The molecule has 2 heterocycles. The Bertz CT molecular complexity index is 761. The molecular weight excluding hydrogens is 306 g/mol. The maximum Gasteiger partial charge on any atom is 0.313 e. The summed E-state index contributed by atoms with van der Waals surface area (Å²) in [5.41, 5.74) is 0.997. The van der Waals surface area contributed by atoms with Crippen molar-refractivity contribution in [3.8, 4) is 6.07 Å². The fraction of sp³-hybridized carbons (Fsp3) is 0.294. The number of rotatable bonds is 3. The van der Waals surface area contributed by atoms with Crippen LogP contribution in [0.2, 0.25) is 0 Å². The summed E-state index contributed by atoms with van der Waals surface area (Å²) in [6.07, 6.45) is 7.00. The van der Waals surface area contributed by atoms with Gasteiger partial charge in [-0.15, -0.1) is 0 Å². The van der Waals surface area contributed by atoms with E-state index in [1.54, 1.807) is 41.7 Å². The highest BCUT2D eigenvalue weighted by atomic mass is 16.2. The van der Waals surface area contributed by atoms with Crippen LogP contribution >= 0.6 is 0 Å². The van der Waals surface area contributed by atoms with Crippen molar-refractivity contribution in [2.45, 2.75) is 25.4 Å². The number of amides is 2. The second-order valence-corrected chi connectivity index (χ2v) is 5.70. The van der Waals surface area contributed by atoms with Crippen molar-refractivity contribution in [1.82, 2.24) is 14.5 Å². The first kappa shape index (κ1) is 15.7. The van der Waals surface area contributed by atoms with Crippen LogP contribution in [0.25, 0.3) is 0 Å². The van der Waals surface area contributed by atoms with Gasteiger partial charge in [0.1, 0.15) is 0 Å². The maximum absolute atomic E-state index is 12.4. The molecule has 0 aliphatic carbocycles. The molecule has 1 saturated heterocycles. The first-order valence-electron chi connectivity index (χ1n) is 7.75. The quantitative estimate of drug-likeness (QED) is 0.864. The molecule has 1 aliphatic rings. The monoisotopic (exact) mass is 323 g/mol. The van der Waals surface area contributed by atoms with Crippen LogP contribution in [0.1, 0.15) is 18.4 Å². The van der Waals surface area contributed by atoms with Crippen LogP contribution in [-0.4, -0.2) is 38.9 Å². The Balaban J connectivity index is 1.63. The number of hydrogen-bond acceptors (Lipinski definition) is 4. The number of nitrogens with zero attached hydrogens (tertiary/aromatic N) is 4. The van der Waals surface area contributed by atoms with Crippen molar-refractivity contribution >= 4 is 17.5 Å². The highest BCUT2D eigenvalue weighted by Gasteiger charge is 2.32. The molecule has 0 unspecified atom stereocenters. The molecule has 1 fully saturated rings. The summed E-state index contributed by atoms with van der Waals surface area (Å²) in [4.78, 5) is 30.3. The van der Waals surface area contributed by atoms with E-state index in [0.717, 1.165) is 12.8 Å². The lowest BCUT2D eigenvalue weighted by molar-refractivity contribution is -0.143. The van der Waals surface area contributed by atoms with Gasteiger partial charge in [0.25, 0.3) is 0 Å². The van der Waals surface area contributed by atoms with E-state index in [9.17, 15) is 9.59 Å². The Labute approximate surface area is 139 Å². The topological polar surface area (TPSA) is 91.0 Å². The van der Waals surface area contributed by atoms with Crippen molar-refractivity contribution in [3.63, 3.8) is 0 Å². The van der Waals surface area contributed by atoms with Crippen molar-refractivity contribution < 1.29 is 9.59 Å². The number of imidazole rings is 1. The molecule has 0 bridgehead atoms. The van der Waals surface area contributed by atoms with Gasteiger partial charge in [-0.05, 0) is 37.1 Å². The van der Waals surface area contributed by atoms with Crippen LogP contribution in [0.4, 0.5) is 5.69 Å². The van der Waals surface area contributed by atoms with Crippen LogP contribution in [-0.2, 0) is 16.1 Å². The minimum atomic E-state index is -0.655. The van der Waals surface area contributed by atoms with Gasteiger partial charge in [-0.25, -0.2) is 4.98 Å². The van der Waals surface area contributed by atoms with E-state index in [2.05, 4.69) is 10.3 Å². The van der Waals surface area contributed by atoms with Crippen LogP contribution in [0.3, 0.4) is 0 Å². The van der Waals surface area contributed by atoms with Gasteiger partial charge in [0.2, 0.25) is 0 Å². The largest absolute Gasteiger partial charge is 0.335 e. The summed E-state index contributed by atoms with van der Waals surface area (Å²) >= 11 is 0. The number of carbonyl (C=O) groups excluding carboxylic acids is 2. The van der Waals surface area contributed by atoms with Crippen LogP contribution in [0.15, 0.2) is 43.0 Å². The van der Waals surface area contributed by atoms with E-state index >= 15 is 0 Å². The Morgan fingerprint density at radius 1 is 1.33 bits per heavy atom. The molecule has 0 spiro atoms. The zero-order valence-electron chi connectivity index (χ0n) is 13.1. The van der Waals surface area contributed by atoms with E-state index in [0.29, 0.717) is 24.3 Å². The molecular formula is C17H17N5O2. The minimum Gasteiger partial charge on any atom is -0.335 e. The van der Waals surface area contributed by atoms with E-state index in [1.165, 1.54) is 0 Å². The summed E-state index contributed by atoms with van der Waals surface area (Å²) in [7, 11) is 0. The Morgan fingerprint density at radius 3 is 2.79 bits per heavy atom. The third-order valence-corrected chi connectivity index (χ3v) is 4.08. The fourth-order valence-electron chi connectivity index (χ4n) is 2.87. The molecule has 24 heavy (non-hydrogen) atoms. The van der Waals surface area contributed by atoms with Gasteiger partial charge in [0.15, 0.2) is 0 Å². The lowest BCUT2D eigenvalue weighted by Gasteiger charge is -2.24. The van der Waals surface area contributed by atoms with Gasteiger partial charge in [-0.3, -0.25) is 9.59 Å². The maximum atomic E-state index is 12.4. The molecule has 1 atom stereocenters. The van der Waals surface area contributed by atoms with Crippen LogP contribution in [0.5, 0.6) is 0 Å². The van der Waals surface area contributed by atoms with Crippen LogP contribution < -0.4 is 5.32 Å². The Morgan fingerprint density at radius 2 is 2.12 bits per heavy atom. The predicted molar refractivity (Wildman–Crippen MR) is 86.7 cm³/mol. The van der Waals surface area contributed by atoms with Crippen molar-refractivity contribution in [2.75, 3.05) is 11.9 Å². The molecule has 1 N–H and O–H groups in total. The van der Waals surface area contributed by atoms with E-state index in [4.69, 9.17) is 5.26 Å². The van der Waals surface area contributed by atoms with Gasteiger partial charge >= 0.3 is 11.8 Å². The van der Waals surface area contributed by atoms with Gasteiger partial charge in [-0.2, -0.15) is 5.26 Å². The molecule has 2 amide bonds. The Hall–Kier alpha value is -3.14. The van der Waals surface area contributed by atoms with E-state index in [1.807, 2.05) is 16.8 Å². The molecule has 3 rings (SSSR count). The molecule has 7 nitrogen and oxygen atoms in total. The number of aromatic nitrogens is 2. The molecule has 7 heteroatoms. The lowest BCUT2D eigenvalue weighted by atomic mass is 10.2. The molecule has 1 aromatic carbocycles. The summed E-state index contributed by atoms with van der Waals surface area (Å²) in [6.45, 7) is 1.22. The zero-order valence-corrected chi connectivity index (χ0v) is 13.1. The highest BCUT2D eigenvalue weighted by Crippen LogP contribution is 2.19. The van der Waals surface area contributed by atoms with Crippen molar-refractivity contribution in [3.05, 3.63) is 48.5 Å². The number of carbonyl (C=O) groups is 2. The van der Waals surface area contributed by atoms with Crippen molar-refractivity contribution in [1.29, 1.82) is 5.26 Å². The number of anilines is 1. The minimum absolute atomic E-state index is 0.00147. The highest BCUT2D eigenvalue weighted by molar-refractivity contribution is 6.39. The lowest BCUT2D eigenvalue weighted by Crippen LogP contribution is -2.44. The SMILES string of the molecule is N#Cc1ccc(NC(=O)C(=O)N2CCC[C@@H]2Cn2ccnc2)cc1. The molecule has 1 aliphatic heterocycles. The number of hydrogen-bond donors (Lipinski definition) is 1. The third kappa shape index (κ3) is 3.43. The number of benzene rings is 1. The van der Waals surface area contributed by atoms with Crippen LogP contribution in [0, 0.1) is 11.3 Å². The molecule has 0 saturated carbocycles. The molecule has 2 aromatic rings. The zero-order chi connectivity index (χ0) is 16.9. The molecule has 0 radical (unpaired) electrons. The average Bonchev–Trinajstić information content (AvgIpc) is 3.27. The molecule has 122 valence electrons. The summed E-state index contributed by atoms with van der Waals surface area (Å²) < 4.78 is 1.91. The summed E-state index contributed by atoms with van der Waals surface area (Å²) in [5.74, 6) is -1.18. The summed E-state index contributed by atoms with van der Waals surface area (Å²) in [6, 6.07) is 8.41. The Kier molecular flexibility index (Phi) is 4.57. The second-order valence-electron chi connectivity index (χ2n) is 5.70. The standard InChI is InChI=1S/C17H17N5O2/c18-10-13-3-5-14(6-4-13)20-16(23)17(24)22-8-1-2-15(22)11-21-9-7-19-12-21/h3-7,9,12,15H,1-2,8,11H2,(H,20,23)/t15-/m1/s1. The smallest absolute Gasteiger partial charge is 0.313 e. The summed E-state index contributed by atoms with van der Waals surface area (Å²) in [5, 5.41) is 11.4. The normalized spacial score (nSPS) is 16.6. The fourth-order valence-corrected chi connectivity index (χ4v) is 2.87. The van der Waals surface area contributed by atoms with E-state index < -0.39 is 11.8 Å². The van der Waals surface area contributed by atoms with Gasteiger partial charge in [0, 0.05) is 31.2 Å². The number of nitriles is 1. The second kappa shape index (κ2) is 6.96. The third-order valence-electron chi connectivity index (χ3n) is 4.08. The van der Waals surface area contributed by atoms with Gasteiger partial charge in [-0.1, -0.05) is 0 Å². The van der Waals surface area contributed by atoms with E-state index in [-0.39, 0.29) is 6.04 Å². The number of nitrogens with one attached hydrogen (secondary N) is 1. The van der Waals surface area contributed by atoms with Gasteiger partial charge < -0.3 is 14.8 Å². The van der Waals surface area contributed by atoms with Gasteiger partial charge in [0.05, 0.1) is 24.0 Å². The first-order valence-corrected chi connectivity index (χ1v) is 7.75.